The summed E-state index contributed by atoms with van der Waals surface area (Å²) in [7, 11) is 0. The van der Waals surface area contributed by atoms with Gasteiger partial charge in [-0.05, 0) is 62.1 Å². The molecule has 0 atom stereocenters. The van der Waals surface area contributed by atoms with E-state index in [9.17, 15) is 4.79 Å². The van der Waals surface area contributed by atoms with Crippen LogP contribution in [-0.2, 0) is 13.1 Å². The zero-order chi connectivity index (χ0) is 20.8. The number of fused-ring (bicyclic) bond motifs is 1. The Morgan fingerprint density at radius 1 is 1.00 bits per heavy atom. The first-order valence-corrected chi connectivity index (χ1v) is 10.9. The quantitative estimate of drug-likeness (QED) is 0.456. The van der Waals surface area contributed by atoms with Crippen molar-refractivity contribution in [2.24, 2.45) is 0 Å². The molecule has 2 aromatic carbocycles. The van der Waals surface area contributed by atoms with E-state index in [2.05, 4.69) is 50.5 Å². The highest BCUT2D eigenvalue weighted by Crippen LogP contribution is 2.20. The molecule has 1 aromatic heterocycles. The highest BCUT2D eigenvalue weighted by atomic mass is 16.2. The fraction of sp³-hybridized carbons (Fsp3) is 0.440. The molecule has 154 valence electrons. The van der Waals surface area contributed by atoms with Gasteiger partial charge in [-0.15, -0.1) is 0 Å². The van der Waals surface area contributed by atoms with Crippen LogP contribution >= 0.6 is 0 Å². The molecule has 0 N–H and O–H groups in total. The first-order chi connectivity index (χ1) is 14.0. The summed E-state index contributed by atoms with van der Waals surface area (Å²) in [5.74, 6) is 1.07. The first kappa shape index (κ1) is 21.1. The number of benzene rings is 2. The first-order valence-electron chi connectivity index (χ1n) is 10.9. The maximum absolute atomic E-state index is 13.3. The summed E-state index contributed by atoms with van der Waals surface area (Å²) in [6.45, 7) is 10.7. The van der Waals surface area contributed by atoms with Gasteiger partial charge in [0.25, 0.3) is 5.91 Å². The van der Waals surface area contributed by atoms with E-state index in [1.54, 1.807) is 0 Å². The van der Waals surface area contributed by atoms with E-state index in [-0.39, 0.29) is 5.91 Å². The number of hydrogen-bond donors (Lipinski definition) is 0. The van der Waals surface area contributed by atoms with Crippen molar-refractivity contribution in [3.63, 3.8) is 0 Å². The van der Waals surface area contributed by atoms with Crippen molar-refractivity contribution in [3.05, 3.63) is 65.0 Å². The number of carbonyl (C=O) groups excluding carboxylic acids is 1. The molecule has 4 heteroatoms. The molecule has 0 aliphatic heterocycles. The van der Waals surface area contributed by atoms with E-state index in [4.69, 9.17) is 4.98 Å². The molecule has 4 nitrogen and oxygen atoms in total. The molecule has 3 aromatic rings. The normalized spacial score (nSPS) is 11.2. The van der Waals surface area contributed by atoms with Crippen LogP contribution in [-0.4, -0.2) is 26.9 Å². The lowest BCUT2D eigenvalue weighted by atomic mass is 10.1. The summed E-state index contributed by atoms with van der Waals surface area (Å²) in [4.78, 5) is 20.2. The van der Waals surface area contributed by atoms with Crippen molar-refractivity contribution in [3.8, 4) is 0 Å². The van der Waals surface area contributed by atoms with Crippen LogP contribution in [0.15, 0.2) is 42.5 Å². The van der Waals surface area contributed by atoms with Gasteiger partial charge in [0.1, 0.15) is 5.82 Å². The minimum Gasteiger partial charge on any atom is -0.331 e. The number of imidazole rings is 1. The lowest BCUT2D eigenvalue weighted by Gasteiger charge is -2.23. The SMILES string of the molecule is CCCCN(Cc1nc2ccccc2n1CCCC)C(=O)c1ccc(C)c(C)c1. The number of nitrogens with zero attached hydrogens (tertiary/aromatic N) is 3. The summed E-state index contributed by atoms with van der Waals surface area (Å²) in [6, 6.07) is 14.3. The second kappa shape index (κ2) is 9.73. The molecule has 0 bridgehead atoms. The Morgan fingerprint density at radius 2 is 1.76 bits per heavy atom. The Kier molecular flexibility index (Phi) is 7.08. The molecular weight excluding hydrogens is 358 g/mol. The van der Waals surface area contributed by atoms with Crippen molar-refractivity contribution in [1.29, 1.82) is 0 Å². The third kappa shape index (κ3) is 4.87. The fourth-order valence-electron chi connectivity index (χ4n) is 3.64. The van der Waals surface area contributed by atoms with Gasteiger partial charge in [-0.1, -0.05) is 44.9 Å². The van der Waals surface area contributed by atoms with Crippen molar-refractivity contribution in [1.82, 2.24) is 14.5 Å². The fourth-order valence-corrected chi connectivity index (χ4v) is 3.64. The summed E-state index contributed by atoms with van der Waals surface area (Å²) >= 11 is 0. The Morgan fingerprint density at radius 3 is 2.48 bits per heavy atom. The summed E-state index contributed by atoms with van der Waals surface area (Å²) < 4.78 is 2.30. The molecule has 0 spiro atoms. The highest BCUT2D eigenvalue weighted by Gasteiger charge is 2.20. The van der Waals surface area contributed by atoms with Crippen LogP contribution in [0.2, 0.25) is 0 Å². The van der Waals surface area contributed by atoms with Crippen LogP contribution in [0.5, 0.6) is 0 Å². The number of aryl methyl sites for hydroxylation is 3. The van der Waals surface area contributed by atoms with E-state index in [0.717, 1.165) is 66.8 Å². The number of para-hydroxylation sites is 2. The van der Waals surface area contributed by atoms with Gasteiger partial charge in [-0.3, -0.25) is 4.79 Å². The van der Waals surface area contributed by atoms with E-state index in [1.807, 2.05) is 29.2 Å². The number of hydrogen-bond acceptors (Lipinski definition) is 2. The van der Waals surface area contributed by atoms with Gasteiger partial charge in [-0.25, -0.2) is 4.98 Å². The number of amides is 1. The van der Waals surface area contributed by atoms with Gasteiger partial charge >= 0.3 is 0 Å². The van der Waals surface area contributed by atoms with Crippen LogP contribution in [0.25, 0.3) is 11.0 Å². The Hall–Kier alpha value is -2.62. The zero-order valence-electron chi connectivity index (χ0n) is 18.2. The van der Waals surface area contributed by atoms with Crippen molar-refractivity contribution in [2.45, 2.75) is 66.5 Å². The van der Waals surface area contributed by atoms with Crippen molar-refractivity contribution >= 4 is 16.9 Å². The molecular formula is C25H33N3O. The standard InChI is InChI=1S/C25H33N3O/c1-5-7-15-27(25(29)21-14-13-19(3)20(4)17-21)18-24-26-22-11-9-10-12-23(22)28(24)16-8-6-2/h9-14,17H,5-8,15-16,18H2,1-4H3. The minimum atomic E-state index is 0.0932. The molecule has 1 amide bonds. The van der Waals surface area contributed by atoms with Crippen molar-refractivity contribution < 1.29 is 4.79 Å². The molecule has 29 heavy (non-hydrogen) atoms. The third-order valence-corrected chi connectivity index (χ3v) is 5.62. The van der Waals surface area contributed by atoms with Crippen LogP contribution < -0.4 is 0 Å². The number of rotatable bonds is 9. The summed E-state index contributed by atoms with van der Waals surface area (Å²) in [6.07, 6.45) is 4.29. The second-order valence-electron chi connectivity index (χ2n) is 7.90. The summed E-state index contributed by atoms with van der Waals surface area (Å²) in [5.41, 5.74) is 5.29. The van der Waals surface area contributed by atoms with Gasteiger partial charge in [0.15, 0.2) is 0 Å². The van der Waals surface area contributed by atoms with E-state index >= 15 is 0 Å². The monoisotopic (exact) mass is 391 g/mol. The zero-order valence-corrected chi connectivity index (χ0v) is 18.2. The van der Waals surface area contributed by atoms with E-state index in [1.165, 1.54) is 5.56 Å². The number of carbonyl (C=O) groups is 1. The van der Waals surface area contributed by atoms with Crippen LogP contribution in [0.1, 0.15) is 66.8 Å². The molecule has 0 radical (unpaired) electrons. The van der Waals surface area contributed by atoms with Crippen LogP contribution in [0.4, 0.5) is 0 Å². The van der Waals surface area contributed by atoms with Gasteiger partial charge in [0, 0.05) is 18.7 Å². The Bertz CT molecular complexity index is 973. The topological polar surface area (TPSA) is 38.1 Å². The molecule has 0 fully saturated rings. The predicted molar refractivity (Wildman–Crippen MR) is 120 cm³/mol. The largest absolute Gasteiger partial charge is 0.331 e. The maximum Gasteiger partial charge on any atom is 0.254 e. The smallest absolute Gasteiger partial charge is 0.254 e. The molecule has 1 heterocycles. The lowest BCUT2D eigenvalue weighted by Crippen LogP contribution is -2.32. The minimum absolute atomic E-state index is 0.0932. The molecule has 0 saturated carbocycles. The lowest BCUT2D eigenvalue weighted by molar-refractivity contribution is 0.0734. The molecule has 3 rings (SSSR count). The van der Waals surface area contributed by atoms with Gasteiger partial charge in [-0.2, -0.15) is 0 Å². The Balaban J connectivity index is 1.93. The molecule has 0 aliphatic rings. The number of unbranched alkanes of at least 4 members (excludes halogenated alkanes) is 2. The maximum atomic E-state index is 13.3. The van der Waals surface area contributed by atoms with Gasteiger partial charge in [0.2, 0.25) is 0 Å². The molecule has 0 aliphatic carbocycles. The van der Waals surface area contributed by atoms with Crippen molar-refractivity contribution in [2.75, 3.05) is 6.54 Å². The molecule has 0 unspecified atom stereocenters. The van der Waals surface area contributed by atoms with Gasteiger partial charge < -0.3 is 9.47 Å². The average molecular weight is 392 g/mol. The molecule has 0 saturated heterocycles. The second-order valence-corrected chi connectivity index (χ2v) is 7.90. The summed E-state index contributed by atoms with van der Waals surface area (Å²) in [5, 5.41) is 0. The van der Waals surface area contributed by atoms with E-state index in [0.29, 0.717) is 6.54 Å². The Labute approximate surface area is 174 Å². The van der Waals surface area contributed by atoms with E-state index < -0.39 is 0 Å². The van der Waals surface area contributed by atoms with Gasteiger partial charge in [0.05, 0.1) is 17.6 Å². The average Bonchev–Trinajstić information content (AvgIpc) is 3.08. The van der Waals surface area contributed by atoms with Crippen LogP contribution in [0, 0.1) is 13.8 Å². The predicted octanol–water partition coefficient (Wildman–Crippen LogP) is 5.90. The highest BCUT2D eigenvalue weighted by molar-refractivity contribution is 5.94. The van der Waals surface area contributed by atoms with Crippen LogP contribution in [0.3, 0.4) is 0 Å². The third-order valence-electron chi connectivity index (χ3n) is 5.62. The number of aromatic nitrogens is 2.